The third kappa shape index (κ3) is 3.00. The van der Waals surface area contributed by atoms with Crippen molar-refractivity contribution in [3.8, 4) is 0 Å². The number of para-hydroxylation sites is 1. The Morgan fingerprint density at radius 3 is 2.48 bits per heavy atom. The molecule has 21 heavy (non-hydrogen) atoms. The Hall–Kier alpha value is -2.48. The van der Waals surface area contributed by atoms with E-state index in [-0.39, 0.29) is 11.7 Å². The van der Waals surface area contributed by atoms with Gasteiger partial charge in [-0.1, -0.05) is 61.5 Å². The van der Waals surface area contributed by atoms with Gasteiger partial charge in [-0.15, -0.1) is 0 Å². The minimum Gasteiger partial charge on any atom is -0.294 e. The van der Waals surface area contributed by atoms with Gasteiger partial charge in [0, 0.05) is 22.6 Å². The summed E-state index contributed by atoms with van der Waals surface area (Å²) in [6, 6.07) is 21.6. The molecule has 0 aliphatic heterocycles. The highest BCUT2D eigenvalue weighted by atomic mass is 16.1. The van der Waals surface area contributed by atoms with Crippen molar-refractivity contribution in [1.82, 2.24) is 4.98 Å². The molecule has 1 aromatic heterocycles. The van der Waals surface area contributed by atoms with E-state index >= 15 is 0 Å². The predicted octanol–water partition coefficient (Wildman–Crippen LogP) is 4.30. The lowest BCUT2D eigenvalue weighted by Crippen LogP contribution is -2.14. The van der Waals surface area contributed by atoms with E-state index in [1.54, 1.807) is 0 Å². The maximum atomic E-state index is 12.4. The van der Waals surface area contributed by atoms with Crippen molar-refractivity contribution < 1.29 is 4.79 Å². The third-order valence-corrected chi connectivity index (χ3v) is 3.68. The second-order valence-corrected chi connectivity index (χ2v) is 5.33. The van der Waals surface area contributed by atoms with Crippen LogP contribution in [0.1, 0.15) is 23.0 Å². The first kappa shape index (κ1) is 13.5. The van der Waals surface area contributed by atoms with E-state index < -0.39 is 0 Å². The maximum absolute atomic E-state index is 12.4. The molecule has 1 atom stereocenters. The number of carbonyl (C=O) groups is 1. The molecule has 2 heteroatoms. The van der Waals surface area contributed by atoms with Crippen LogP contribution >= 0.6 is 0 Å². The average molecular weight is 275 g/mol. The number of Topliss-reactive ketones (excluding diaryl/α,β-unsaturated/α-hetero) is 1. The largest absolute Gasteiger partial charge is 0.294 e. The molecular weight excluding hydrogens is 258 g/mol. The van der Waals surface area contributed by atoms with Crippen LogP contribution in [0.2, 0.25) is 0 Å². The number of hydrogen-bond acceptors (Lipinski definition) is 2. The van der Waals surface area contributed by atoms with Gasteiger partial charge in [-0.05, 0) is 18.6 Å². The van der Waals surface area contributed by atoms with E-state index in [9.17, 15) is 4.79 Å². The molecule has 2 nitrogen and oxygen atoms in total. The van der Waals surface area contributed by atoms with Crippen molar-refractivity contribution in [1.29, 1.82) is 0 Å². The molecule has 0 fully saturated rings. The predicted molar refractivity (Wildman–Crippen MR) is 85.4 cm³/mol. The lowest BCUT2D eigenvalue weighted by Gasteiger charge is -2.10. The summed E-state index contributed by atoms with van der Waals surface area (Å²) in [6.07, 6.45) is 0.665. The van der Waals surface area contributed by atoms with Gasteiger partial charge in [0.2, 0.25) is 0 Å². The molecule has 0 bridgehead atoms. The minimum atomic E-state index is -0.0685. The minimum absolute atomic E-state index is 0.0685. The van der Waals surface area contributed by atoms with Crippen molar-refractivity contribution in [2.45, 2.75) is 13.3 Å². The molecule has 0 amide bonds. The van der Waals surface area contributed by atoms with Crippen LogP contribution in [-0.2, 0) is 6.42 Å². The number of hydrogen-bond donors (Lipinski definition) is 0. The smallest absolute Gasteiger partial charge is 0.166 e. The monoisotopic (exact) mass is 275 g/mol. The van der Waals surface area contributed by atoms with Crippen LogP contribution in [0, 0.1) is 5.92 Å². The lowest BCUT2D eigenvalue weighted by atomic mass is 9.95. The molecule has 0 aliphatic rings. The fraction of sp³-hybridized carbons (Fsp3) is 0.158. The Labute approximate surface area is 124 Å². The summed E-state index contributed by atoms with van der Waals surface area (Å²) in [5, 5.41) is 1.13. The van der Waals surface area contributed by atoms with Gasteiger partial charge in [0.05, 0.1) is 5.52 Å². The van der Waals surface area contributed by atoms with Crippen LogP contribution in [-0.4, -0.2) is 10.8 Å². The molecule has 3 rings (SSSR count). The first-order valence-corrected chi connectivity index (χ1v) is 7.18. The number of aromatic nitrogens is 1. The quantitative estimate of drug-likeness (QED) is 0.665. The Morgan fingerprint density at radius 2 is 1.67 bits per heavy atom. The molecule has 0 saturated carbocycles. The van der Waals surface area contributed by atoms with Crippen LogP contribution in [0.4, 0.5) is 0 Å². The zero-order chi connectivity index (χ0) is 14.7. The van der Waals surface area contributed by atoms with Gasteiger partial charge in [-0.25, -0.2) is 0 Å². The topological polar surface area (TPSA) is 30.0 Å². The van der Waals surface area contributed by atoms with Gasteiger partial charge in [0.15, 0.2) is 5.78 Å². The second-order valence-electron chi connectivity index (χ2n) is 5.33. The highest BCUT2D eigenvalue weighted by Gasteiger charge is 2.16. The molecule has 1 unspecified atom stereocenters. The van der Waals surface area contributed by atoms with Crippen LogP contribution < -0.4 is 0 Å². The van der Waals surface area contributed by atoms with E-state index in [1.807, 2.05) is 67.6 Å². The second kappa shape index (κ2) is 5.88. The molecule has 0 spiro atoms. The van der Waals surface area contributed by atoms with Crippen molar-refractivity contribution in [2.24, 2.45) is 5.92 Å². The summed E-state index contributed by atoms with van der Waals surface area (Å²) in [6.45, 7) is 1.96. The Kier molecular flexibility index (Phi) is 3.78. The fourth-order valence-corrected chi connectivity index (χ4v) is 2.52. The van der Waals surface area contributed by atoms with Gasteiger partial charge < -0.3 is 0 Å². The van der Waals surface area contributed by atoms with Crippen molar-refractivity contribution in [3.63, 3.8) is 0 Å². The average Bonchev–Trinajstić information content (AvgIpc) is 2.55. The summed E-state index contributed by atoms with van der Waals surface area (Å²) in [4.78, 5) is 17.0. The molecule has 104 valence electrons. The number of ketones is 1. The van der Waals surface area contributed by atoms with Crippen LogP contribution in [0.5, 0.6) is 0 Å². The Morgan fingerprint density at radius 1 is 0.952 bits per heavy atom. The first-order valence-electron chi connectivity index (χ1n) is 7.18. The zero-order valence-corrected chi connectivity index (χ0v) is 12.0. The van der Waals surface area contributed by atoms with E-state index in [4.69, 9.17) is 0 Å². The summed E-state index contributed by atoms with van der Waals surface area (Å²) in [7, 11) is 0. The number of benzene rings is 2. The highest BCUT2D eigenvalue weighted by Crippen LogP contribution is 2.16. The summed E-state index contributed by atoms with van der Waals surface area (Å²) >= 11 is 0. The molecule has 1 heterocycles. The standard InChI is InChI=1S/C19H17NO/c1-14(19(21)16-8-3-2-4-9-16)13-17-12-11-15-7-5-6-10-18(15)20-17/h2-12,14H,13H2,1H3. The molecule has 3 aromatic rings. The Balaban J connectivity index is 1.80. The van der Waals surface area contributed by atoms with E-state index in [2.05, 4.69) is 11.1 Å². The molecule has 0 N–H and O–H groups in total. The molecule has 2 aromatic carbocycles. The zero-order valence-electron chi connectivity index (χ0n) is 12.0. The number of rotatable bonds is 4. The number of nitrogens with zero attached hydrogens (tertiary/aromatic N) is 1. The Bertz CT molecular complexity index is 765. The van der Waals surface area contributed by atoms with Gasteiger partial charge in [0.25, 0.3) is 0 Å². The molecule has 0 radical (unpaired) electrons. The molecule has 0 saturated heterocycles. The van der Waals surface area contributed by atoms with Crippen LogP contribution in [0.25, 0.3) is 10.9 Å². The highest BCUT2D eigenvalue weighted by molar-refractivity contribution is 5.97. The van der Waals surface area contributed by atoms with Crippen molar-refractivity contribution in [2.75, 3.05) is 0 Å². The summed E-state index contributed by atoms with van der Waals surface area (Å²) in [5.41, 5.74) is 2.71. The van der Waals surface area contributed by atoms with Gasteiger partial charge >= 0.3 is 0 Å². The summed E-state index contributed by atoms with van der Waals surface area (Å²) < 4.78 is 0. The summed E-state index contributed by atoms with van der Waals surface area (Å²) in [5.74, 6) is 0.103. The van der Waals surface area contributed by atoms with Gasteiger partial charge in [0.1, 0.15) is 0 Å². The number of fused-ring (bicyclic) bond motifs is 1. The SMILES string of the molecule is CC(Cc1ccc2ccccc2n1)C(=O)c1ccccc1. The van der Waals surface area contributed by atoms with Crippen LogP contribution in [0.3, 0.4) is 0 Å². The van der Waals surface area contributed by atoms with Gasteiger partial charge in [-0.2, -0.15) is 0 Å². The van der Waals surface area contributed by atoms with E-state index in [0.29, 0.717) is 6.42 Å². The lowest BCUT2D eigenvalue weighted by molar-refractivity contribution is 0.0929. The molecular formula is C19H17NO. The fourth-order valence-electron chi connectivity index (χ4n) is 2.52. The molecule has 0 aliphatic carbocycles. The first-order chi connectivity index (χ1) is 10.2. The van der Waals surface area contributed by atoms with Crippen LogP contribution in [0.15, 0.2) is 66.7 Å². The number of carbonyl (C=O) groups excluding carboxylic acids is 1. The van der Waals surface area contributed by atoms with E-state index in [0.717, 1.165) is 22.2 Å². The third-order valence-electron chi connectivity index (χ3n) is 3.68. The number of pyridine rings is 1. The van der Waals surface area contributed by atoms with Crippen molar-refractivity contribution in [3.05, 3.63) is 78.0 Å². The normalized spacial score (nSPS) is 12.2. The maximum Gasteiger partial charge on any atom is 0.166 e. The van der Waals surface area contributed by atoms with Crippen molar-refractivity contribution >= 4 is 16.7 Å². The van der Waals surface area contributed by atoms with Gasteiger partial charge in [-0.3, -0.25) is 9.78 Å². The van der Waals surface area contributed by atoms with E-state index in [1.165, 1.54) is 0 Å².